The molecular formula is C12H14FN3O2. The van der Waals surface area contributed by atoms with Crippen LogP contribution in [0, 0.1) is 17.1 Å². The molecule has 0 bridgehead atoms. The van der Waals surface area contributed by atoms with E-state index in [-0.39, 0.29) is 5.56 Å². The maximum absolute atomic E-state index is 13.2. The zero-order chi connectivity index (χ0) is 13.5. The van der Waals surface area contributed by atoms with Crippen LogP contribution in [0.15, 0.2) is 18.2 Å². The predicted octanol–water partition coefficient (Wildman–Crippen LogP) is 0.460. The van der Waals surface area contributed by atoms with Crippen molar-refractivity contribution in [1.82, 2.24) is 5.32 Å². The van der Waals surface area contributed by atoms with Crippen molar-refractivity contribution < 1.29 is 13.9 Å². The van der Waals surface area contributed by atoms with Crippen molar-refractivity contribution in [2.45, 2.75) is 6.04 Å². The fourth-order valence-electron chi connectivity index (χ4n) is 1.50. The van der Waals surface area contributed by atoms with E-state index < -0.39 is 17.8 Å². The van der Waals surface area contributed by atoms with E-state index in [9.17, 15) is 9.18 Å². The van der Waals surface area contributed by atoms with Crippen molar-refractivity contribution in [3.8, 4) is 6.07 Å². The Kier molecular flexibility index (Phi) is 5.24. The summed E-state index contributed by atoms with van der Waals surface area (Å²) in [6.07, 6.45) is 0. The Labute approximate surface area is 104 Å². The standard InChI is InChI=1S/C12H14FN3O2/c1-18-5-4-16-11(12(15)17)8-2-3-10(13)9(6-8)7-14/h2-3,6,11,16H,4-5H2,1H3,(H2,15,17). The first kappa shape index (κ1) is 14.1. The molecule has 0 aliphatic heterocycles. The lowest BCUT2D eigenvalue weighted by Gasteiger charge is -2.15. The second kappa shape index (κ2) is 6.69. The molecule has 0 aliphatic rings. The number of hydrogen-bond donors (Lipinski definition) is 2. The van der Waals surface area contributed by atoms with Gasteiger partial charge in [0.15, 0.2) is 0 Å². The van der Waals surface area contributed by atoms with Gasteiger partial charge in [-0.25, -0.2) is 4.39 Å². The average Bonchev–Trinajstić information content (AvgIpc) is 2.35. The largest absolute Gasteiger partial charge is 0.383 e. The molecule has 18 heavy (non-hydrogen) atoms. The fraction of sp³-hybridized carbons (Fsp3) is 0.333. The monoisotopic (exact) mass is 251 g/mol. The van der Waals surface area contributed by atoms with Crippen molar-refractivity contribution in [2.75, 3.05) is 20.3 Å². The third-order valence-electron chi connectivity index (χ3n) is 2.38. The van der Waals surface area contributed by atoms with Gasteiger partial charge in [-0.1, -0.05) is 6.07 Å². The molecule has 0 aromatic heterocycles. The molecule has 0 saturated heterocycles. The minimum absolute atomic E-state index is 0.118. The molecule has 1 aromatic rings. The topological polar surface area (TPSA) is 88.1 Å². The second-order valence-corrected chi connectivity index (χ2v) is 3.63. The number of nitrogens with zero attached hydrogens (tertiary/aromatic N) is 1. The van der Waals surface area contributed by atoms with Gasteiger partial charge in [0.05, 0.1) is 12.2 Å². The third-order valence-corrected chi connectivity index (χ3v) is 2.38. The highest BCUT2D eigenvalue weighted by molar-refractivity contribution is 5.81. The second-order valence-electron chi connectivity index (χ2n) is 3.63. The summed E-state index contributed by atoms with van der Waals surface area (Å²) in [6, 6.07) is 4.82. The molecule has 0 heterocycles. The number of nitrogens with one attached hydrogen (secondary N) is 1. The Balaban J connectivity index is 2.92. The number of nitriles is 1. The van der Waals surface area contributed by atoms with Gasteiger partial charge in [-0.3, -0.25) is 10.1 Å². The van der Waals surface area contributed by atoms with E-state index in [1.807, 2.05) is 0 Å². The Hall–Kier alpha value is -1.97. The van der Waals surface area contributed by atoms with Crippen molar-refractivity contribution in [3.05, 3.63) is 35.1 Å². The Morgan fingerprint density at radius 1 is 1.67 bits per heavy atom. The lowest BCUT2D eigenvalue weighted by Crippen LogP contribution is -2.35. The molecule has 96 valence electrons. The number of halogens is 1. The first-order chi connectivity index (χ1) is 8.60. The summed E-state index contributed by atoms with van der Waals surface area (Å²) in [5.41, 5.74) is 5.60. The van der Waals surface area contributed by atoms with E-state index in [1.165, 1.54) is 19.2 Å². The number of primary amides is 1. The zero-order valence-corrected chi connectivity index (χ0v) is 9.94. The number of methoxy groups -OCH3 is 1. The third kappa shape index (κ3) is 3.52. The summed E-state index contributed by atoms with van der Waals surface area (Å²) in [6.45, 7) is 0.833. The number of benzene rings is 1. The Bertz CT molecular complexity index is 471. The van der Waals surface area contributed by atoms with Gasteiger partial charge in [-0.15, -0.1) is 0 Å². The van der Waals surface area contributed by atoms with Gasteiger partial charge in [0.2, 0.25) is 5.91 Å². The number of amides is 1. The number of carbonyl (C=O) groups excluding carboxylic acids is 1. The first-order valence-electron chi connectivity index (χ1n) is 5.31. The molecule has 0 saturated carbocycles. The first-order valence-corrected chi connectivity index (χ1v) is 5.31. The van der Waals surface area contributed by atoms with Crippen LogP contribution in [0.3, 0.4) is 0 Å². The average molecular weight is 251 g/mol. The minimum atomic E-state index is -0.771. The molecule has 0 radical (unpaired) electrons. The highest BCUT2D eigenvalue weighted by Crippen LogP contribution is 2.16. The molecule has 6 heteroatoms. The van der Waals surface area contributed by atoms with Gasteiger partial charge in [0.1, 0.15) is 17.9 Å². The fourth-order valence-corrected chi connectivity index (χ4v) is 1.50. The van der Waals surface area contributed by atoms with Crippen molar-refractivity contribution in [2.24, 2.45) is 5.73 Å². The van der Waals surface area contributed by atoms with Crippen LogP contribution in [0.4, 0.5) is 4.39 Å². The summed E-state index contributed by atoms with van der Waals surface area (Å²) in [5.74, 6) is -1.22. The highest BCUT2D eigenvalue weighted by Gasteiger charge is 2.18. The van der Waals surface area contributed by atoms with Crippen LogP contribution in [-0.2, 0) is 9.53 Å². The van der Waals surface area contributed by atoms with Crippen molar-refractivity contribution in [1.29, 1.82) is 5.26 Å². The van der Waals surface area contributed by atoms with Crippen molar-refractivity contribution >= 4 is 5.91 Å². The molecule has 1 aromatic carbocycles. The SMILES string of the molecule is COCCNC(C(N)=O)c1ccc(F)c(C#N)c1. The van der Waals surface area contributed by atoms with Gasteiger partial charge in [0.25, 0.3) is 0 Å². The van der Waals surface area contributed by atoms with Crippen LogP contribution in [0.25, 0.3) is 0 Å². The molecule has 1 rings (SSSR count). The summed E-state index contributed by atoms with van der Waals surface area (Å²) >= 11 is 0. The molecule has 0 spiro atoms. The van der Waals surface area contributed by atoms with Crippen molar-refractivity contribution in [3.63, 3.8) is 0 Å². The van der Waals surface area contributed by atoms with Crippen LogP contribution in [0.5, 0.6) is 0 Å². The van der Waals surface area contributed by atoms with E-state index in [0.717, 1.165) is 6.07 Å². The number of rotatable bonds is 6. The Morgan fingerprint density at radius 3 is 2.94 bits per heavy atom. The maximum atomic E-state index is 13.2. The van der Waals surface area contributed by atoms with Gasteiger partial charge in [-0.2, -0.15) is 5.26 Å². The molecular weight excluding hydrogens is 237 g/mol. The summed E-state index contributed by atoms with van der Waals surface area (Å²) in [7, 11) is 1.53. The summed E-state index contributed by atoms with van der Waals surface area (Å²) in [5, 5.41) is 11.6. The predicted molar refractivity (Wildman–Crippen MR) is 62.9 cm³/mol. The van der Waals surface area contributed by atoms with Crippen LogP contribution in [0.1, 0.15) is 17.2 Å². The van der Waals surface area contributed by atoms with E-state index in [2.05, 4.69) is 5.32 Å². The molecule has 3 N–H and O–H groups in total. The maximum Gasteiger partial charge on any atom is 0.239 e. The van der Waals surface area contributed by atoms with Gasteiger partial charge < -0.3 is 10.5 Å². The highest BCUT2D eigenvalue weighted by atomic mass is 19.1. The molecule has 1 unspecified atom stereocenters. The number of hydrogen-bond acceptors (Lipinski definition) is 4. The molecule has 1 atom stereocenters. The number of ether oxygens (including phenoxy) is 1. The number of carbonyl (C=O) groups is 1. The van der Waals surface area contributed by atoms with Crippen LogP contribution in [-0.4, -0.2) is 26.2 Å². The smallest absolute Gasteiger partial charge is 0.239 e. The molecule has 0 aliphatic carbocycles. The van der Waals surface area contributed by atoms with E-state index >= 15 is 0 Å². The molecule has 1 amide bonds. The summed E-state index contributed by atoms with van der Waals surface area (Å²) in [4.78, 5) is 11.3. The van der Waals surface area contributed by atoms with E-state index in [4.69, 9.17) is 15.7 Å². The summed E-state index contributed by atoms with van der Waals surface area (Å²) < 4.78 is 18.0. The minimum Gasteiger partial charge on any atom is -0.383 e. The lowest BCUT2D eigenvalue weighted by atomic mass is 10.0. The van der Waals surface area contributed by atoms with Gasteiger partial charge in [0, 0.05) is 13.7 Å². The normalized spacial score (nSPS) is 11.8. The van der Waals surface area contributed by atoms with Gasteiger partial charge >= 0.3 is 0 Å². The Morgan fingerprint density at radius 2 is 2.39 bits per heavy atom. The van der Waals surface area contributed by atoms with Crippen LogP contribution >= 0.6 is 0 Å². The van der Waals surface area contributed by atoms with Gasteiger partial charge in [-0.05, 0) is 17.7 Å². The van der Waals surface area contributed by atoms with E-state index in [0.29, 0.717) is 18.7 Å². The molecule has 5 nitrogen and oxygen atoms in total. The van der Waals surface area contributed by atoms with Crippen LogP contribution in [0.2, 0.25) is 0 Å². The van der Waals surface area contributed by atoms with Crippen LogP contribution < -0.4 is 11.1 Å². The lowest BCUT2D eigenvalue weighted by molar-refractivity contribution is -0.120. The van der Waals surface area contributed by atoms with E-state index in [1.54, 1.807) is 6.07 Å². The zero-order valence-electron chi connectivity index (χ0n) is 9.94. The molecule has 0 fully saturated rings. The number of nitrogens with two attached hydrogens (primary N) is 1. The quantitative estimate of drug-likeness (QED) is 0.719.